The predicted octanol–water partition coefficient (Wildman–Crippen LogP) is 3.80. The van der Waals surface area contributed by atoms with Crippen LogP contribution < -0.4 is 15.4 Å². The van der Waals surface area contributed by atoms with Crippen LogP contribution in [0, 0.1) is 6.92 Å². The van der Waals surface area contributed by atoms with Gasteiger partial charge in [0, 0.05) is 31.5 Å². The van der Waals surface area contributed by atoms with E-state index in [1.165, 1.54) is 30.6 Å². The molecule has 1 fully saturated rings. The van der Waals surface area contributed by atoms with E-state index in [1.807, 2.05) is 19.2 Å². The average Bonchev–Trinajstić information content (AvgIpc) is 3.27. The van der Waals surface area contributed by atoms with Gasteiger partial charge in [0.1, 0.15) is 6.10 Å². The molecule has 3 heterocycles. The Kier molecular flexibility index (Phi) is 8.14. The predicted molar refractivity (Wildman–Crippen MR) is 131 cm³/mol. The van der Waals surface area contributed by atoms with Gasteiger partial charge in [-0.1, -0.05) is 17.8 Å². The molecule has 0 radical (unpaired) electrons. The molecule has 0 bridgehead atoms. The minimum absolute atomic E-state index is 0.219. The number of likely N-dealkylation sites (N-methyl/N-ethyl adjacent to an activating group) is 1. The summed E-state index contributed by atoms with van der Waals surface area (Å²) in [6.45, 7) is 4.55. The largest absolute Gasteiger partial charge is 0.460 e. The molecule has 3 aromatic heterocycles. The molecular formula is C23H32N8OS. The van der Waals surface area contributed by atoms with E-state index in [4.69, 9.17) is 4.74 Å². The van der Waals surface area contributed by atoms with Crippen LogP contribution in [0.25, 0.3) is 10.6 Å². The second kappa shape index (κ2) is 11.4. The Labute approximate surface area is 199 Å². The lowest BCUT2D eigenvalue weighted by molar-refractivity contribution is 0.142. The quantitative estimate of drug-likeness (QED) is 0.430. The van der Waals surface area contributed by atoms with Crippen molar-refractivity contribution >= 4 is 22.3 Å². The van der Waals surface area contributed by atoms with Gasteiger partial charge in [0.05, 0.1) is 28.7 Å². The zero-order chi connectivity index (χ0) is 23.0. The van der Waals surface area contributed by atoms with Crippen molar-refractivity contribution in [3.8, 4) is 16.6 Å². The first-order valence-corrected chi connectivity index (χ1v) is 12.3. The maximum Gasteiger partial charge on any atom is 0.317 e. The number of nitrogens with zero attached hydrogens (tertiary/aromatic N) is 6. The third-order valence-corrected chi connectivity index (χ3v) is 6.33. The second-order valence-electron chi connectivity index (χ2n) is 8.58. The lowest BCUT2D eigenvalue weighted by Crippen LogP contribution is -2.26. The van der Waals surface area contributed by atoms with Crippen molar-refractivity contribution in [2.45, 2.75) is 51.7 Å². The van der Waals surface area contributed by atoms with Crippen LogP contribution in [0.2, 0.25) is 0 Å². The van der Waals surface area contributed by atoms with Gasteiger partial charge in [0.25, 0.3) is 0 Å². The SMILES string of the molecule is Cc1cc(-c2cnc(Nc3cnc(CNCCN(C)C)cn3)s2)nc(OC2CCCCC2)n1. The highest BCUT2D eigenvalue weighted by Gasteiger charge is 2.17. The molecule has 1 aliphatic carbocycles. The van der Waals surface area contributed by atoms with Crippen molar-refractivity contribution in [1.29, 1.82) is 0 Å². The van der Waals surface area contributed by atoms with Crippen LogP contribution in [-0.2, 0) is 6.54 Å². The maximum atomic E-state index is 6.08. The molecule has 2 N–H and O–H groups in total. The highest BCUT2D eigenvalue weighted by molar-refractivity contribution is 7.18. The van der Waals surface area contributed by atoms with Crippen molar-refractivity contribution in [2.24, 2.45) is 0 Å². The molecule has 1 aliphatic rings. The monoisotopic (exact) mass is 468 g/mol. The van der Waals surface area contributed by atoms with Crippen LogP contribution in [0.3, 0.4) is 0 Å². The Morgan fingerprint density at radius 2 is 1.91 bits per heavy atom. The summed E-state index contributed by atoms with van der Waals surface area (Å²) in [6, 6.07) is 2.42. The number of thiazole rings is 1. The van der Waals surface area contributed by atoms with Crippen LogP contribution in [0.15, 0.2) is 24.7 Å². The lowest BCUT2D eigenvalue weighted by Gasteiger charge is -2.21. The van der Waals surface area contributed by atoms with Crippen LogP contribution >= 0.6 is 11.3 Å². The van der Waals surface area contributed by atoms with Gasteiger partial charge < -0.3 is 20.3 Å². The summed E-state index contributed by atoms with van der Waals surface area (Å²) < 4.78 is 6.08. The molecule has 9 nitrogen and oxygen atoms in total. The zero-order valence-electron chi connectivity index (χ0n) is 19.5. The first-order chi connectivity index (χ1) is 16.0. The minimum atomic E-state index is 0.219. The van der Waals surface area contributed by atoms with Gasteiger partial charge >= 0.3 is 6.01 Å². The highest BCUT2D eigenvalue weighted by atomic mass is 32.1. The van der Waals surface area contributed by atoms with E-state index >= 15 is 0 Å². The Morgan fingerprint density at radius 3 is 2.67 bits per heavy atom. The average molecular weight is 469 g/mol. The molecule has 0 saturated heterocycles. The fourth-order valence-corrected chi connectivity index (χ4v) is 4.43. The van der Waals surface area contributed by atoms with E-state index < -0.39 is 0 Å². The number of hydrogen-bond donors (Lipinski definition) is 2. The molecule has 0 spiro atoms. The van der Waals surface area contributed by atoms with Gasteiger partial charge in [-0.3, -0.25) is 4.98 Å². The standard InChI is InChI=1S/C23H32N8OS/c1-16-11-19(29-22(28-16)32-18-7-5-4-6-8-18)20-14-27-23(33-20)30-21-15-25-17(13-26-21)12-24-9-10-31(2)3/h11,13-15,18,24H,4-10,12H2,1-3H3,(H,26,27,30). The molecular weight excluding hydrogens is 436 g/mol. The second-order valence-corrected chi connectivity index (χ2v) is 9.61. The summed E-state index contributed by atoms with van der Waals surface area (Å²) in [4.78, 5) is 25.6. The van der Waals surface area contributed by atoms with E-state index in [9.17, 15) is 0 Å². The minimum Gasteiger partial charge on any atom is -0.460 e. The Morgan fingerprint density at radius 1 is 1.06 bits per heavy atom. The van der Waals surface area contributed by atoms with Crippen LogP contribution in [0.1, 0.15) is 43.5 Å². The van der Waals surface area contributed by atoms with E-state index in [0.29, 0.717) is 18.4 Å². The van der Waals surface area contributed by atoms with Gasteiger partial charge in [-0.15, -0.1) is 0 Å². The molecule has 0 aromatic carbocycles. The molecule has 10 heteroatoms. The van der Waals surface area contributed by atoms with E-state index in [0.717, 1.165) is 53.0 Å². The normalized spacial score (nSPS) is 14.5. The van der Waals surface area contributed by atoms with Crippen LogP contribution in [-0.4, -0.2) is 63.1 Å². The van der Waals surface area contributed by atoms with Gasteiger partial charge in [-0.05, 0) is 52.8 Å². The first kappa shape index (κ1) is 23.5. The molecule has 0 amide bonds. The number of aromatic nitrogens is 5. The summed E-state index contributed by atoms with van der Waals surface area (Å²) in [6.07, 6.45) is 11.4. The van der Waals surface area contributed by atoms with E-state index in [-0.39, 0.29) is 6.10 Å². The molecule has 33 heavy (non-hydrogen) atoms. The van der Waals surface area contributed by atoms with Crippen LogP contribution in [0.5, 0.6) is 6.01 Å². The smallest absolute Gasteiger partial charge is 0.317 e. The topological polar surface area (TPSA) is 101 Å². The van der Waals surface area contributed by atoms with Gasteiger partial charge in [-0.2, -0.15) is 4.98 Å². The number of anilines is 2. The van der Waals surface area contributed by atoms with Crippen molar-refractivity contribution in [1.82, 2.24) is 35.1 Å². The molecule has 0 unspecified atom stereocenters. The number of aryl methyl sites for hydroxylation is 1. The van der Waals surface area contributed by atoms with Gasteiger partial charge in [-0.25, -0.2) is 15.0 Å². The Balaban J connectivity index is 1.36. The molecule has 3 aromatic rings. The molecule has 4 rings (SSSR count). The molecule has 0 aliphatic heterocycles. The van der Waals surface area contributed by atoms with Gasteiger partial charge in [0.2, 0.25) is 0 Å². The third kappa shape index (κ3) is 7.15. The number of ether oxygens (including phenoxy) is 1. The van der Waals surface area contributed by atoms with Crippen molar-refractivity contribution in [3.63, 3.8) is 0 Å². The van der Waals surface area contributed by atoms with Crippen molar-refractivity contribution < 1.29 is 4.74 Å². The lowest BCUT2D eigenvalue weighted by atomic mass is 9.98. The number of hydrogen-bond acceptors (Lipinski definition) is 10. The number of rotatable bonds is 10. The van der Waals surface area contributed by atoms with E-state index in [2.05, 4.69) is 54.5 Å². The molecule has 1 saturated carbocycles. The first-order valence-electron chi connectivity index (χ1n) is 11.5. The summed E-state index contributed by atoms with van der Waals surface area (Å²) in [5, 5.41) is 7.33. The Bertz CT molecular complexity index is 1020. The van der Waals surface area contributed by atoms with Crippen molar-refractivity contribution in [2.75, 3.05) is 32.5 Å². The molecule has 0 atom stereocenters. The summed E-state index contributed by atoms with van der Waals surface area (Å²) in [5.41, 5.74) is 2.61. The summed E-state index contributed by atoms with van der Waals surface area (Å²) in [5.74, 6) is 0.660. The van der Waals surface area contributed by atoms with E-state index in [1.54, 1.807) is 12.4 Å². The van der Waals surface area contributed by atoms with Gasteiger partial charge in [0.15, 0.2) is 10.9 Å². The number of nitrogens with one attached hydrogen (secondary N) is 2. The fraction of sp³-hybridized carbons (Fsp3) is 0.522. The third-order valence-electron chi connectivity index (χ3n) is 5.40. The Hall–Kier alpha value is -2.69. The van der Waals surface area contributed by atoms with Crippen LogP contribution in [0.4, 0.5) is 10.9 Å². The zero-order valence-corrected chi connectivity index (χ0v) is 20.4. The fourth-order valence-electron chi connectivity index (χ4n) is 3.64. The molecule has 176 valence electrons. The van der Waals surface area contributed by atoms with Crippen molar-refractivity contribution in [3.05, 3.63) is 36.0 Å². The summed E-state index contributed by atoms with van der Waals surface area (Å²) >= 11 is 1.52. The summed E-state index contributed by atoms with van der Waals surface area (Å²) in [7, 11) is 4.12. The maximum absolute atomic E-state index is 6.08. The highest BCUT2D eigenvalue weighted by Crippen LogP contribution is 2.31.